The molecule has 6 aromatic rings. The van der Waals surface area contributed by atoms with Gasteiger partial charge in [0.15, 0.2) is 21.0 Å². The van der Waals surface area contributed by atoms with Gasteiger partial charge in [-0.2, -0.15) is 4.68 Å². The summed E-state index contributed by atoms with van der Waals surface area (Å²) in [7, 11) is -3.47. The minimum absolute atomic E-state index is 0.0228. The van der Waals surface area contributed by atoms with Gasteiger partial charge in [0.2, 0.25) is 0 Å². The Morgan fingerprint density at radius 3 is 2.31 bits per heavy atom. The lowest BCUT2D eigenvalue weighted by atomic mass is 10.1. The molecule has 0 spiro atoms. The van der Waals surface area contributed by atoms with Crippen LogP contribution in [0.2, 0.25) is 5.02 Å². The van der Waals surface area contributed by atoms with Crippen LogP contribution in [0.1, 0.15) is 0 Å². The molecule has 3 heterocycles. The topological polar surface area (TPSA) is 126 Å². The van der Waals surface area contributed by atoms with E-state index in [1.807, 2.05) is 24.3 Å². The maximum Gasteiger partial charge on any atom is 0.288 e. The minimum atomic E-state index is -3.47. The molecule has 39 heavy (non-hydrogen) atoms. The fraction of sp³-hybridized carbons (Fsp3) is 0.0370. The van der Waals surface area contributed by atoms with Crippen molar-refractivity contribution < 1.29 is 8.42 Å². The van der Waals surface area contributed by atoms with Crippen LogP contribution in [0.4, 0.5) is 0 Å². The van der Waals surface area contributed by atoms with Gasteiger partial charge < -0.3 is 0 Å². The largest absolute Gasteiger partial charge is 0.288 e. The normalized spacial score (nSPS) is 11.6. The first-order chi connectivity index (χ1) is 18.8. The molecule has 0 bridgehead atoms. The first kappa shape index (κ1) is 24.6. The Morgan fingerprint density at radius 2 is 1.62 bits per heavy atom. The molecule has 0 aliphatic heterocycles. The van der Waals surface area contributed by atoms with Crippen molar-refractivity contribution in [3.63, 3.8) is 0 Å². The van der Waals surface area contributed by atoms with Crippen molar-refractivity contribution in [3.05, 3.63) is 107 Å². The van der Waals surface area contributed by atoms with Crippen LogP contribution < -0.4 is 5.56 Å². The average Bonchev–Trinajstić information content (AvgIpc) is 3.38. The molecule has 0 radical (unpaired) electrons. The first-order valence-electron chi connectivity index (χ1n) is 11.6. The van der Waals surface area contributed by atoms with Crippen LogP contribution in [0.3, 0.4) is 0 Å². The van der Waals surface area contributed by atoms with E-state index in [2.05, 4.69) is 20.3 Å². The third kappa shape index (κ3) is 4.58. The summed E-state index contributed by atoms with van der Waals surface area (Å²) in [5, 5.41) is 8.77. The standard InChI is InChI=1S/C27H18ClN7O3S/c1-39(37,38)22-4-2-3-21(15-22)35-26-24(32-33-35)27(36)34(20-11-9-19(28)10-12-20)25(31-26)18-7-5-17(6-8-18)23-16-29-13-14-30-23/h2-16H,1H3. The number of halogens is 1. The van der Waals surface area contributed by atoms with E-state index in [4.69, 9.17) is 16.6 Å². The molecule has 0 saturated carbocycles. The van der Waals surface area contributed by atoms with Crippen LogP contribution >= 0.6 is 11.6 Å². The smallest absolute Gasteiger partial charge is 0.266 e. The Hall–Kier alpha value is -4.74. The van der Waals surface area contributed by atoms with E-state index >= 15 is 0 Å². The highest BCUT2D eigenvalue weighted by atomic mass is 35.5. The van der Waals surface area contributed by atoms with E-state index in [9.17, 15) is 13.2 Å². The number of fused-ring (bicyclic) bond motifs is 1. The molecule has 0 amide bonds. The Kier molecular flexibility index (Phi) is 6.01. The Bertz CT molecular complexity index is 2010. The summed E-state index contributed by atoms with van der Waals surface area (Å²) in [5.41, 5.74) is 2.91. The lowest BCUT2D eigenvalue weighted by molar-refractivity contribution is 0.601. The quantitative estimate of drug-likeness (QED) is 0.310. The van der Waals surface area contributed by atoms with E-state index in [0.717, 1.165) is 11.8 Å². The molecule has 0 fully saturated rings. The van der Waals surface area contributed by atoms with Gasteiger partial charge in [0, 0.05) is 34.8 Å². The molecule has 192 valence electrons. The fourth-order valence-corrected chi connectivity index (χ4v) is 4.94. The molecule has 10 nitrogen and oxygen atoms in total. The lowest BCUT2D eigenvalue weighted by Gasteiger charge is -2.13. The van der Waals surface area contributed by atoms with E-state index in [-0.39, 0.29) is 16.1 Å². The van der Waals surface area contributed by atoms with Crippen molar-refractivity contribution in [1.82, 2.24) is 34.5 Å². The van der Waals surface area contributed by atoms with Gasteiger partial charge >= 0.3 is 0 Å². The average molecular weight is 556 g/mol. The van der Waals surface area contributed by atoms with E-state index in [0.29, 0.717) is 33.5 Å². The molecule has 6 rings (SSSR count). The third-order valence-corrected chi connectivity index (χ3v) is 7.42. The summed E-state index contributed by atoms with van der Waals surface area (Å²) in [6.07, 6.45) is 6.00. The predicted molar refractivity (Wildman–Crippen MR) is 147 cm³/mol. The van der Waals surface area contributed by atoms with Crippen molar-refractivity contribution >= 4 is 32.6 Å². The molecular formula is C27H18ClN7O3S. The zero-order chi connectivity index (χ0) is 27.1. The summed E-state index contributed by atoms with van der Waals surface area (Å²) in [5.74, 6) is 0.336. The first-order valence-corrected chi connectivity index (χ1v) is 13.9. The highest BCUT2D eigenvalue weighted by Crippen LogP contribution is 2.26. The number of benzene rings is 3. The monoisotopic (exact) mass is 555 g/mol. The van der Waals surface area contributed by atoms with E-state index < -0.39 is 15.4 Å². The highest BCUT2D eigenvalue weighted by Gasteiger charge is 2.21. The van der Waals surface area contributed by atoms with E-state index in [1.54, 1.807) is 55.0 Å². The maximum atomic E-state index is 13.8. The molecule has 12 heteroatoms. The van der Waals surface area contributed by atoms with Crippen LogP contribution in [0.15, 0.2) is 101 Å². The second-order valence-electron chi connectivity index (χ2n) is 8.66. The van der Waals surface area contributed by atoms with Crippen LogP contribution in [0.5, 0.6) is 0 Å². The van der Waals surface area contributed by atoms with Gasteiger partial charge in [-0.3, -0.25) is 19.3 Å². The molecule has 0 N–H and O–H groups in total. The van der Waals surface area contributed by atoms with Gasteiger partial charge in [-0.15, -0.1) is 5.10 Å². The predicted octanol–water partition coefficient (Wildman–Crippen LogP) is 4.15. The van der Waals surface area contributed by atoms with Crippen LogP contribution in [0.25, 0.3) is 45.2 Å². The van der Waals surface area contributed by atoms with Crippen molar-refractivity contribution in [2.24, 2.45) is 0 Å². The molecule has 0 atom stereocenters. The number of sulfone groups is 1. The van der Waals surface area contributed by atoms with Gasteiger partial charge in [0.1, 0.15) is 5.82 Å². The Morgan fingerprint density at radius 1 is 0.872 bits per heavy atom. The van der Waals surface area contributed by atoms with Gasteiger partial charge in [-0.05, 0) is 42.5 Å². The van der Waals surface area contributed by atoms with Gasteiger partial charge in [-0.25, -0.2) is 13.4 Å². The number of rotatable bonds is 5. The summed E-state index contributed by atoms with van der Waals surface area (Å²) in [4.78, 5) is 27.2. The van der Waals surface area contributed by atoms with Gasteiger partial charge in [0.25, 0.3) is 5.56 Å². The molecule has 0 aliphatic carbocycles. The zero-order valence-corrected chi connectivity index (χ0v) is 21.9. The molecular weight excluding hydrogens is 538 g/mol. The van der Waals surface area contributed by atoms with Crippen molar-refractivity contribution in [3.8, 4) is 34.0 Å². The SMILES string of the molecule is CS(=O)(=O)c1cccc(-n2nnc3c(=O)n(-c4ccc(Cl)cc4)c(-c4ccc(-c5cnccn5)cc4)nc32)c1. The highest BCUT2D eigenvalue weighted by molar-refractivity contribution is 7.90. The molecule has 3 aromatic carbocycles. The number of hydrogen-bond donors (Lipinski definition) is 0. The van der Waals surface area contributed by atoms with Crippen LogP contribution in [-0.2, 0) is 9.84 Å². The van der Waals surface area contributed by atoms with Gasteiger partial charge in [-0.1, -0.05) is 47.1 Å². The molecule has 0 unspecified atom stereocenters. The van der Waals surface area contributed by atoms with Crippen LogP contribution in [-0.4, -0.2) is 49.2 Å². The van der Waals surface area contributed by atoms with Crippen molar-refractivity contribution in [2.45, 2.75) is 4.90 Å². The summed E-state index contributed by atoms with van der Waals surface area (Å²) < 4.78 is 27.1. The minimum Gasteiger partial charge on any atom is -0.266 e. The fourth-order valence-electron chi connectivity index (χ4n) is 4.15. The van der Waals surface area contributed by atoms with Crippen molar-refractivity contribution in [2.75, 3.05) is 6.26 Å². The summed E-state index contributed by atoms with van der Waals surface area (Å²) in [6.45, 7) is 0. The second-order valence-corrected chi connectivity index (χ2v) is 11.1. The molecule has 3 aromatic heterocycles. The zero-order valence-electron chi connectivity index (χ0n) is 20.3. The van der Waals surface area contributed by atoms with Crippen molar-refractivity contribution in [1.29, 1.82) is 0 Å². The number of hydrogen-bond acceptors (Lipinski definition) is 8. The number of aromatic nitrogens is 7. The molecule has 0 aliphatic rings. The van der Waals surface area contributed by atoms with Gasteiger partial charge in [0.05, 0.1) is 28.2 Å². The number of nitrogens with zero attached hydrogens (tertiary/aromatic N) is 7. The third-order valence-electron chi connectivity index (χ3n) is 6.05. The maximum absolute atomic E-state index is 13.8. The summed E-state index contributed by atoms with van der Waals surface area (Å²) in [6, 6.07) is 20.4. The lowest BCUT2D eigenvalue weighted by Crippen LogP contribution is -2.22. The Labute approximate surface area is 227 Å². The molecule has 0 saturated heterocycles. The van der Waals surface area contributed by atoms with E-state index in [1.165, 1.54) is 21.4 Å². The summed E-state index contributed by atoms with van der Waals surface area (Å²) >= 11 is 6.10. The second kappa shape index (κ2) is 9.53. The Balaban J connectivity index is 1.59. The van der Waals surface area contributed by atoms with Crippen LogP contribution in [0, 0.1) is 0 Å².